The fraction of sp³-hybridized carbons (Fsp3) is 0.125. The maximum atomic E-state index is 12.8. The molecule has 1 amide bonds. The van der Waals surface area contributed by atoms with E-state index >= 15 is 0 Å². The van der Waals surface area contributed by atoms with Gasteiger partial charge >= 0.3 is 0 Å². The molecule has 8 nitrogen and oxygen atoms in total. The molecule has 1 heterocycles. The molecular weight excluding hydrogens is 444 g/mol. The van der Waals surface area contributed by atoms with Crippen molar-refractivity contribution in [2.24, 2.45) is 0 Å². The average Bonchev–Trinajstić information content (AvgIpc) is 3.15. The molecule has 4 aromatic rings. The van der Waals surface area contributed by atoms with Crippen molar-refractivity contribution in [3.8, 4) is 11.5 Å². The van der Waals surface area contributed by atoms with Crippen molar-refractivity contribution in [3.63, 3.8) is 0 Å². The van der Waals surface area contributed by atoms with Crippen LogP contribution < -0.4 is 19.5 Å². The number of carbonyl (C=O) groups is 1. The normalized spacial score (nSPS) is 11.2. The van der Waals surface area contributed by atoms with Gasteiger partial charge in [0.15, 0.2) is 5.76 Å². The van der Waals surface area contributed by atoms with E-state index in [2.05, 4.69) is 10.0 Å². The van der Waals surface area contributed by atoms with E-state index in [0.29, 0.717) is 34.0 Å². The van der Waals surface area contributed by atoms with E-state index in [1.807, 2.05) is 0 Å². The molecule has 0 bridgehead atoms. The van der Waals surface area contributed by atoms with Gasteiger partial charge in [0.05, 0.1) is 24.8 Å². The van der Waals surface area contributed by atoms with E-state index in [4.69, 9.17) is 13.9 Å². The lowest BCUT2D eigenvalue weighted by molar-refractivity contribution is 0.0998. The SMILES string of the molecule is COc1ccc2oc(C(=O)Nc3ccc(S(=O)(=O)Nc4ccccc4OC)cc3)c(C)c2c1. The number of methoxy groups -OCH3 is 2. The highest BCUT2D eigenvalue weighted by Gasteiger charge is 2.20. The molecule has 0 unspecified atom stereocenters. The number of aryl methyl sites for hydroxylation is 1. The van der Waals surface area contributed by atoms with Gasteiger partial charge in [-0.1, -0.05) is 12.1 Å². The minimum Gasteiger partial charge on any atom is -0.497 e. The zero-order chi connectivity index (χ0) is 23.6. The summed E-state index contributed by atoms with van der Waals surface area (Å²) in [6.07, 6.45) is 0. The number of anilines is 2. The van der Waals surface area contributed by atoms with Gasteiger partial charge in [-0.2, -0.15) is 0 Å². The molecule has 0 aliphatic carbocycles. The Hall–Kier alpha value is -3.98. The van der Waals surface area contributed by atoms with E-state index in [1.54, 1.807) is 56.5 Å². The third-order valence-corrected chi connectivity index (χ3v) is 6.50. The number of sulfonamides is 1. The number of ether oxygens (including phenoxy) is 2. The molecule has 0 fully saturated rings. The van der Waals surface area contributed by atoms with Crippen molar-refractivity contribution in [2.45, 2.75) is 11.8 Å². The summed E-state index contributed by atoms with van der Waals surface area (Å²) >= 11 is 0. The van der Waals surface area contributed by atoms with Crippen LogP contribution in [0, 0.1) is 6.92 Å². The minimum atomic E-state index is -3.85. The molecule has 0 aliphatic heterocycles. The van der Waals surface area contributed by atoms with Crippen molar-refractivity contribution in [2.75, 3.05) is 24.3 Å². The Bertz CT molecular complexity index is 1430. The van der Waals surface area contributed by atoms with Gasteiger partial charge in [0.2, 0.25) is 0 Å². The van der Waals surface area contributed by atoms with E-state index in [0.717, 1.165) is 5.39 Å². The van der Waals surface area contributed by atoms with Gasteiger partial charge in [0.1, 0.15) is 17.1 Å². The molecule has 0 spiro atoms. The molecule has 0 saturated carbocycles. The third kappa shape index (κ3) is 4.49. The van der Waals surface area contributed by atoms with Gasteiger partial charge in [-0.3, -0.25) is 9.52 Å². The van der Waals surface area contributed by atoms with Crippen molar-refractivity contribution in [1.29, 1.82) is 0 Å². The average molecular weight is 467 g/mol. The van der Waals surface area contributed by atoms with Crippen LogP contribution in [0.5, 0.6) is 11.5 Å². The van der Waals surface area contributed by atoms with Crippen molar-refractivity contribution >= 4 is 38.3 Å². The number of hydrogen-bond donors (Lipinski definition) is 2. The predicted octanol–water partition coefficient (Wildman–Crippen LogP) is 4.81. The summed E-state index contributed by atoms with van der Waals surface area (Å²) < 4.78 is 44.1. The first-order chi connectivity index (χ1) is 15.8. The van der Waals surface area contributed by atoms with E-state index in [9.17, 15) is 13.2 Å². The molecule has 0 aliphatic rings. The summed E-state index contributed by atoms with van der Waals surface area (Å²) in [4.78, 5) is 12.8. The summed E-state index contributed by atoms with van der Waals surface area (Å²) in [7, 11) is -0.815. The van der Waals surface area contributed by atoms with Crippen molar-refractivity contribution in [1.82, 2.24) is 0 Å². The van der Waals surface area contributed by atoms with Crippen LogP contribution in [0.25, 0.3) is 11.0 Å². The van der Waals surface area contributed by atoms with Crippen LogP contribution >= 0.6 is 0 Å². The molecule has 33 heavy (non-hydrogen) atoms. The number of carbonyl (C=O) groups excluding carboxylic acids is 1. The van der Waals surface area contributed by atoms with Gasteiger partial charge in [-0.05, 0) is 61.5 Å². The van der Waals surface area contributed by atoms with Crippen LogP contribution in [0.2, 0.25) is 0 Å². The summed E-state index contributed by atoms with van der Waals surface area (Å²) in [6.45, 7) is 1.79. The number of rotatable bonds is 7. The molecule has 0 radical (unpaired) electrons. The van der Waals surface area contributed by atoms with Gasteiger partial charge in [-0.15, -0.1) is 0 Å². The molecule has 9 heteroatoms. The van der Waals surface area contributed by atoms with Crippen LogP contribution in [-0.2, 0) is 10.0 Å². The highest BCUT2D eigenvalue weighted by Crippen LogP contribution is 2.30. The lowest BCUT2D eigenvalue weighted by Crippen LogP contribution is -2.14. The fourth-order valence-electron chi connectivity index (χ4n) is 3.38. The van der Waals surface area contributed by atoms with Crippen LogP contribution in [0.3, 0.4) is 0 Å². The highest BCUT2D eigenvalue weighted by molar-refractivity contribution is 7.92. The molecule has 2 N–H and O–H groups in total. The van der Waals surface area contributed by atoms with Gasteiger partial charge < -0.3 is 19.2 Å². The minimum absolute atomic E-state index is 0.0402. The fourth-order valence-corrected chi connectivity index (χ4v) is 4.45. The number of fused-ring (bicyclic) bond motifs is 1. The molecule has 1 aromatic heterocycles. The predicted molar refractivity (Wildman–Crippen MR) is 126 cm³/mol. The first kappa shape index (κ1) is 22.2. The standard InChI is InChI=1S/C24H22N2O6S/c1-15-19-14-17(30-2)10-13-21(19)32-23(15)24(27)25-16-8-11-18(12-9-16)33(28,29)26-20-6-4-5-7-22(20)31-3/h4-14,26H,1-3H3,(H,25,27). The summed E-state index contributed by atoms with van der Waals surface area (Å²) in [6, 6.07) is 17.8. The highest BCUT2D eigenvalue weighted by atomic mass is 32.2. The van der Waals surface area contributed by atoms with Crippen molar-refractivity contribution in [3.05, 3.63) is 78.1 Å². The third-order valence-electron chi connectivity index (χ3n) is 5.12. The number of nitrogens with one attached hydrogen (secondary N) is 2. The van der Waals surface area contributed by atoms with E-state index in [-0.39, 0.29) is 10.7 Å². The van der Waals surface area contributed by atoms with Gasteiger partial charge in [0.25, 0.3) is 15.9 Å². The summed E-state index contributed by atoms with van der Waals surface area (Å²) in [5.74, 6) is 0.805. The van der Waals surface area contributed by atoms with Gasteiger partial charge in [-0.25, -0.2) is 8.42 Å². The molecule has 4 rings (SSSR count). The number of benzene rings is 3. The Morgan fingerprint density at radius 3 is 2.36 bits per heavy atom. The lowest BCUT2D eigenvalue weighted by Gasteiger charge is -2.12. The van der Waals surface area contributed by atoms with E-state index < -0.39 is 15.9 Å². The maximum absolute atomic E-state index is 12.8. The zero-order valence-electron chi connectivity index (χ0n) is 18.2. The Labute approximate surface area is 191 Å². The quantitative estimate of drug-likeness (QED) is 0.405. The number of hydrogen-bond acceptors (Lipinski definition) is 6. The first-order valence-electron chi connectivity index (χ1n) is 9.97. The Balaban J connectivity index is 1.52. The van der Waals surface area contributed by atoms with Crippen LogP contribution in [-0.4, -0.2) is 28.5 Å². The maximum Gasteiger partial charge on any atom is 0.291 e. The second-order valence-corrected chi connectivity index (χ2v) is 8.88. The molecule has 0 saturated heterocycles. The number of para-hydroxylation sites is 2. The summed E-state index contributed by atoms with van der Waals surface area (Å²) in [5.41, 5.74) is 2.01. The van der Waals surface area contributed by atoms with E-state index in [1.165, 1.54) is 31.4 Å². The monoisotopic (exact) mass is 466 g/mol. The Morgan fingerprint density at radius 2 is 1.67 bits per heavy atom. The largest absolute Gasteiger partial charge is 0.497 e. The Morgan fingerprint density at radius 1 is 0.939 bits per heavy atom. The first-order valence-corrected chi connectivity index (χ1v) is 11.4. The lowest BCUT2D eigenvalue weighted by atomic mass is 10.1. The van der Waals surface area contributed by atoms with Crippen LogP contribution in [0.4, 0.5) is 11.4 Å². The van der Waals surface area contributed by atoms with Crippen LogP contribution in [0.1, 0.15) is 16.1 Å². The van der Waals surface area contributed by atoms with Crippen molar-refractivity contribution < 1.29 is 27.1 Å². The molecule has 3 aromatic carbocycles. The number of amides is 1. The second-order valence-electron chi connectivity index (χ2n) is 7.20. The smallest absolute Gasteiger partial charge is 0.291 e. The zero-order valence-corrected chi connectivity index (χ0v) is 19.0. The second kappa shape index (κ2) is 8.87. The van der Waals surface area contributed by atoms with Gasteiger partial charge in [0, 0.05) is 16.6 Å². The Kier molecular flexibility index (Phi) is 5.97. The number of furan rings is 1. The topological polar surface area (TPSA) is 107 Å². The van der Waals surface area contributed by atoms with Crippen LogP contribution in [0.15, 0.2) is 76.0 Å². The molecule has 170 valence electrons. The molecular formula is C24H22N2O6S. The molecule has 0 atom stereocenters. The summed E-state index contributed by atoms with van der Waals surface area (Å²) in [5, 5.41) is 3.52.